The Morgan fingerprint density at radius 1 is 1.07 bits per heavy atom. The van der Waals surface area contributed by atoms with Crippen molar-refractivity contribution in [2.75, 3.05) is 52.2 Å². The molecule has 0 saturated carbocycles. The van der Waals surface area contributed by atoms with Crippen LogP contribution in [0.15, 0.2) is 0 Å². The SMILES string of the molecule is CCN(CC)CC.O=C1CCC(=O)O1.[3H]CC1(COC(=O)CCC(=O)O)CCN(C(=O)CCCC[C@@H]2CCSS2)CC1.[3H]OC. The second kappa shape index (κ2) is 24.5. The molecule has 1 atom stereocenters. The number of nitrogens with zero attached hydrogens (tertiary/aromatic N) is 2. The topological polar surface area (TPSA) is 151 Å². The number of aliphatic hydroxyl groups excluding tert-OH is 1. The van der Waals surface area contributed by atoms with E-state index in [1.165, 1.54) is 45.3 Å². The van der Waals surface area contributed by atoms with Crippen molar-refractivity contribution >= 4 is 51.4 Å². The van der Waals surface area contributed by atoms with Crippen LogP contribution in [0.25, 0.3) is 0 Å². The summed E-state index contributed by atoms with van der Waals surface area (Å²) in [5.74, 6) is -0.929. The number of amides is 1. The molecule has 1 amide bonds. The quantitative estimate of drug-likeness (QED) is 0.124. The molecule has 3 aliphatic rings. The van der Waals surface area contributed by atoms with Gasteiger partial charge in [-0.2, -0.15) is 0 Å². The van der Waals surface area contributed by atoms with E-state index in [0.717, 1.165) is 18.1 Å². The highest BCUT2D eigenvalue weighted by atomic mass is 33.1. The van der Waals surface area contributed by atoms with E-state index in [2.05, 4.69) is 35.5 Å². The Bertz CT molecular complexity index is 849. The molecule has 0 bridgehead atoms. The van der Waals surface area contributed by atoms with E-state index in [4.69, 9.17) is 12.6 Å². The lowest BCUT2D eigenvalue weighted by Crippen LogP contribution is -2.44. The Kier molecular flexibility index (Phi) is 21.3. The molecule has 3 heterocycles. The highest BCUT2D eigenvalue weighted by molar-refractivity contribution is 8.77. The Hall–Kier alpha value is -1.83. The van der Waals surface area contributed by atoms with Crippen LogP contribution in [0.5, 0.6) is 0 Å². The van der Waals surface area contributed by atoms with Crippen LogP contribution in [0, 0.1) is 5.41 Å². The van der Waals surface area contributed by atoms with E-state index < -0.39 is 29.3 Å². The zero-order chi connectivity index (χ0) is 34.1. The number of rotatable bonds is 13. The van der Waals surface area contributed by atoms with Crippen molar-refractivity contribution in [1.82, 2.24) is 9.80 Å². The Morgan fingerprint density at radius 2 is 1.67 bits per heavy atom. The minimum atomic E-state index is -1.03. The molecule has 3 aliphatic heterocycles. The highest BCUT2D eigenvalue weighted by Gasteiger charge is 2.33. The average molecular weight is 655 g/mol. The first kappa shape index (κ1) is 37.4. The van der Waals surface area contributed by atoms with Crippen LogP contribution >= 0.6 is 21.6 Å². The third-order valence-electron chi connectivity index (χ3n) is 7.26. The summed E-state index contributed by atoms with van der Waals surface area (Å²) < 4.78 is 22.9. The number of carbonyl (C=O) groups is 5. The fraction of sp³-hybridized carbons (Fsp3) is 0.833. The lowest BCUT2D eigenvalue weighted by atomic mass is 9.81. The normalized spacial score (nSPS) is 19.4. The Morgan fingerprint density at radius 3 is 2.09 bits per heavy atom. The van der Waals surface area contributed by atoms with Gasteiger partial charge in [0.2, 0.25) is 7.34 Å². The van der Waals surface area contributed by atoms with Gasteiger partial charge in [-0.15, -0.1) is 0 Å². The van der Waals surface area contributed by atoms with Crippen LogP contribution in [-0.2, 0) is 33.4 Å². The van der Waals surface area contributed by atoms with Crippen LogP contribution in [-0.4, -0.2) is 109 Å². The summed E-state index contributed by atoms with van der Waals surface area (Å²) in [5.41, 5.74) is -0.424. The summed E-state index contributed by atoms with van der Waals surface area (Å²) in [6.45, 7) is 11.6. The lowest BCUT2D eigenvalue weighted by molar-refractivity contribution is -0.152. The standard InChI is InChI=1S/C19H31NO5S2.C6H15N.C4H4O3.CH4O/c1-19(14-25-18(24)7-6-17(22)23)9-11-20(12-10-19)16(21)5-3-2-4-15-8-13-26-27-15;1-4-7(5-2)6-3;5-3-1-2-4(6)7-3;1-2/h15H,2-14H2,1H3,(H,22,23);4-6H2,1-3H3;1-2H2;2H,1H3/t15-;;;/m1.../s1/i1T;;;2T. The minimum Gasteiger partial charge on any atom is -0.481 e. The molecule has 0 aliphatic carbocycles. The average Bonchev–Trinajstić information content (AvgIpc) is 3.70. The van der Waals surface area contributed by atoms with Gasteiger partial charge in [0.1, 0.15) is 0 Å². The van der Waals surface area contributed by atoms with Crippen LogP contribution in [0.1, 0.15) is 99.7 Å². The van der Waals surface area contributed by atoms with Crippen LogP contribution in [0.2, 0.25) is 0 Å². The van der Waals surface area contributed by atoms with Crippen molar-refractivity contribution in [3.05, 3.63) is 0 Å². The second-order valence-corrected chi connectivity index (χ2v) is 13.3. The maximum Gasteiger partial charge on any atom is 0.314 e. The zero-order valence-corrected chi connectivity index (χ0v) is 28.1. The molecule has 250 valence electrons. The number of aliphatic hydroxyl groups is 1. The van der Waals surface area contributed by atoms with Crippen molar-refractivity contribution in [2.24, 2.45) is 5.41 Å². The van der Waals surface area contributed by atoms with E-state index in [-0.39, 0.29) is 45.1 Å². The smallest absolute Gasteiger partial charge is 0.314 e. The van der Waals surface area contributed by atoms with E-state index in [1.807, 2.05) is 26.5 Å². The number of esters is 3. The molecule has 0 aromatic carbocycles. The molecule has 0 radical (unpaired) electrons. The van der Waals surface area contributed by atoms with Gasteiger partial charge < -0.3 is 29.5 Å². The lowest BCUT2D eigenvalue weighted by Gasteiger charge is -2.39. The molecule has 3 saturated heterocycles. The molecule has 0 spiro atoms. The summed E-state index contributed by atoms with van der Waals surface area (Å²) in [6.07, 6.45) is 6.52. The number of carboxylic acid groups (broad SMARTS) is 1. The van der Waals surface area contributed by atoms with E-state index >= 15 is 0 Å². The zero-order valence-electron chi connectivity index (χ0n) is 28.4. The number of likely N-dealkylation sites (tertiary alicyclic amines) is 1. The van der Waals surface area contributed by atoms with Gasteiger partial charge in [0, 0.05) is 44.4 Å². The highest BCUT2D eigenvalue weighted by Crippen LogP contribution is 2.40. The number of piperidine rings is 1. The fourth-order valence-electron chi connectivity index (χ4n) is 4.36. The number of ether oxygens (including phenoxy) is 2. The Labute approximate surface area is 268 Å². The van der Waals surface area contributed by atoms with Gasteiger partial charge in [0.05, 0.1) is 32.3 Å². The summed E-state index contributed by atoms with van der Waals surface area (Å²) in [5, 5.41) is 12.9. The number of aliphatic carboxylic acids is 1. The largest absolute Gasteiger partial charge is 0.481 e. The summed E-state index contributed by atoms with van der Waals surface area (Å²) >= 11 is 0. The predicted octanol–water partition coefficient (Wildman–Crippen LogP) is 4.54. The molecule has 0 unspecified atom stereocenters. The maximum absolute atomic E-state index is 12.4. The molecule has 2 N–H and O–H groups in total. The van der Waals surface area contributed by atoms with Crippen molar-refractivity contribution < 1.29 is 45.0 Å². The molecule has 0 aromatic rings. The molecule has 43 heavy (non-hydrogen) atoms. The molecular weight excluding hydrogens is 596 g/mol. The van der Waals surface area contributed by atoms with Crippen molar-refractivity contribution in [1.29, 1.82) is 1.43 Å². The molecular formula is C30H54N2O9S2. The molecule has 11 nitrogen and oxygen atoms in total. The number of unbranched alkanes of at least 4 members (excludes halogenated alkanes) is 1. The number of cyclic esters (lactones) is 2. The Balaban J connectivity index is 0.000000922. The van der Waals surface area contributed by atoms with Gasteiger partial charge >= 0.3 is 23.9 Å². The predicted molar refractivity (Wildman–Crippen MR) is 171 cm³/mol. The first-order valence-electron chi connectivity index (χ1n) is 16.3. The monoisotopic (exact) mass is 654 g/mol. The van der Waals surface area contributed by atoms with Gasteiger partial charge in [-0.3, -0.25) is 24.0 Å². The second-order valence-electron chi connectivity index (χ2n) is 10.5. The van der Waals surface area contributed by atoms with Crippen LogP contribution < -0.4 is 0 Å². The van der Waals surface area contributed by atoms with E-state index in [9.17, 15) is 24.0 Å². The summed E-state index contributed by atoms with van der Waals surface area (Å²) in [7, 11) is 5.22. The van der Waals surface area contributed by atoms with Crippen molar-refractivity contribution in [3.63, 3.8) is 0 Å². The molecule has 13 heteroatoms. The summed E-state index contributed by atoms with van der Waals surface area (Å²) in [6, 6.07) is 0. The third kappa shape index (κ3) is 19.9. The number of hydrogen-bond donors (Lipinski definition) is 2. The van der Waals surface area contributed by atoms with Crippen molar-refractivity contribution in [3.8, 4) is 0 Å². The van der Waals surface area contributed by atoms with Gasteiger partial charge in [0.15, 0.2) is 0 Å². The molecule has 3 fully saturated rings. The van der Waals surface area contributed by atoms with E-state index in [0.29, 0.717) is 32.4 Å². The van der Waals surface area contributed by atoms with Crippen molar-refractivity contribution in [2.45, 2.75) is 104 Å². The first-order chi connectivity index (χ1) is 21.5. The van der Waals surface area contributed by atoms with E-state index in [1.54, 1.807) is 0 Å². The van der Waals surface area contributed by atoms with Gasteiger partial charge in [-0.25, -0.2) is 0 Å². The third-order valence-corrected chi connectivity index (χ3v) is 10.3. The number of carbonyl (C=O) groups excluding carboxylic acids is 4. The van der Waals surface area contributed by atoms with Gasteiger partial charge in [-0.05, 0) is 51.7 Å². The number of hydrogen-bond acceptors (Lipinski definition) is 11. The molecule has 3 rings (SSSR count). The van der Waals surface area contributed by atoms with Gasteiger partial charge in [0.25, 0.3) is 0 Å². The fourth-order valence-corrected chi connectivity index (χ4v) is 7.39. The molecule has 0 aromatic heterocycles. The minimum absolute atomic E-state index is 0.133. The maximum atomic E-state index is 12.4. The first-order valence-corrected chi connectivity index (χ1v) is 17.6. The van der Waals surface area contributed by atoms with Crippen LogP contribution in [0.3, 0.4) is 0 Å². The number of carboxylic acids is 1. The van der Waals surface area contributed by atoms with Crippen LogP contribution in [0.4, 0.5) is 0 Å². The summed E-state index contributed by atoms with van der Waals surface area (Å²) in [4.78, 5) is 58.9. The van der Waals surface area contributed by atoms with Gasteiger partial charge in [-0.1, -0.05) is 55.7 Å².